The minimum atomic E-state index is -1.07. The zero-order valence-electron chi connectivity index (χ0n) is 12.3. The lowest BCUT2D eigenvalue weighted by Gasteiger charge is -2.21. The number of carbonyl (C=O) groups excluding carboxylic acids is 1. The molecule has 0 aromatic heterocycles. The number of thioether (sulfide) groups is 2. The molecule has 2 N–H and O–H groups in total. The maximum atomic E-state index is 12.1. The van der Waals surface area contributed by atoms with E-state index in [4.69, 9.17) is 4.74 Å². The summed E-state index contributed by atoms with van der Waals surface area (Å²) in [6, 6.07) is 5.65. The van der Waals surface area contributed by atoms with Gasteiger partial charge in [0.2, 0.25) is 5.91 Å². The van der Waals surface area contributed by atoms with Crippen LogP contribution in [0, 0.1) is 0 Å². The van der Waals surface area contributed by atoms with Crippen LogP contribution in [-0.2, 0) is 9.59 Å². The van der Waals surface area contributed by atoms with Crippen LogP contribution in [0.2, 0.25) is 0 Å². The molecule has 0 radical (unpaired) electrons. The van der Waals surface area contributed by atoms with Gasteiger partial charge in [-0.2, -0.15) is 23.5 Å². The second-order valence-electron chi connectivity index (χ2n) is 4.88. The summed E-state index contributed by atoms with van der Waals surface area (Å²) in [7, 11) is 1.55. The number of hydrogen-bond acceptors (Lipinski definition) is 5. The zero-order chi connectivity index (χ0) is 15.9. The Bertz CT molecular complexity index is 515. The number of carbonyl (C=O) groups is 2. The van der Waals surface area contributed by atoms with Gasteiger partial charge in [0.1, 0.15) is 5.75 Å². The standard InChI is InChI=1S/C15H19NO4S2/c1-20-11-4-2-10(3-5-11)14(15(18)19)16-13(17)8-12-9-21-6-7-22-12/h2-5,12,14H,6-9H2,1H3,(H,16,17)(H,18,19). The lowest BCUT2D eigenvalue weighted by Crippen LogP contribution is -2.35. The molecule has 0 saturated carbocycles. The third-order valence-corrected chi connectivity index (χ3v) is 6.14. The molecule has 2 atom stereocenters. The number of aliphatic carboxylic acids is 1. The summed E-state index contributed by atoms with van der Waals surface area (Å²) in [5.41, 5.74) is 0.535. The summed E-state index contributed by atoms with van der Waals surface area (Å²) in [6.07, 6.45) is 0.359. The van der Waals surface area contributed by atoms with E-state index in [1.165, 1.54) is 0 Å². The van der Waals surface area contributed by atoms with Crippen LogP contribution in [0.5, 0.6) is 5.75 Å². The Morgan fingerprint density at radius 1 is 1.36 bits per heavy atom. The van der Waals surface area contributed by atoms with Crippen LogP contribution in [0.4, 0.5) is 0 Å². The predicted molar refractivity (Wildman–Crippen MR) is 89.7 cm³/mol. The van der Waals surface area contributed by atoms with E-state index in [2.05, 4.69) is 5.32 Å². The van der Waals surface area contributed by atoms with Crippen LogP contribution < -0.4 is 10.1 Å². The van der Waals surface area contributed by atoms with E-state index in [9.17, 15) is 14.7 Å². The van der Waals surface area contributed by atoms with Crippen molar-refractivity contribution in [1.29, 1.82) is 0 Å². The number of hydrogen-bond donors (Lipinski definition) is 2. The number of nitrogens with one attached hydrogen (secondary N) is 1. The summed E-state index contributed by atoms with van der Waals surface area (Å²) in [4.78, 5) is 23.5. The highest BCUT2D eigenvalue weighted by molar-refractivity contribution is 8.06. The van der Waals surface area contributed by atoms with E-state index >= 15 is 0 Å². The van der Waals surface area contributed by atoms with Gasteiger partial charge in [-0.25, -0.2) is 4.79 Å². The minimum Gasteiger partial charge on any atom is -0.497 e. The Hall–Kier alpha value is -1.34. The molecule has 2 unspecified atom stereocenters. The Kier molecular flexibility index (Phi) is 6.45. The van der Waals surface area contributed by atoms with Gasteiger partial charge in [0.25, 0.3) is 0 Å². The maximum absolute atomic E-state index is 12.1. The van der Waals surface area contributed by atoms with E-state index < -0.39 is 12.0 Å². The number of benzene rings is 1. The molecule has 22 heavy (non-hydrogen) atoms. The van der Waals surface area contributed by atoms with E-state index in [1.807, 2.05) is 11.8 Å². The molecule has 1 aliphatic heterocycles. The van der Waals surface area contributed by atoms with Gasteiger partial charge in [-0.1, -0.05) is 12.1 Å². The Labute approximate surface area is 138 Å². The first-order chi connectivity index (χ1) is 10.6. The maximum Gasteiger partial charge on any atom is 0.330 e. The topological polar surface area (TPSA) is 75.6 Å². The van der Waals surface area contributed by atoms with Gasteiger partial charge in [0, 0.05) is 28.9 Å². The minimum absolute atomic E-state index is 0.219. The molecule has 5 nitrogen and oxygen atoms in total. The van der Waals surface area contributed by atoms with Crippen molar-refractivity contribution >= 4 is 35.4 Å². The van der Waals surface area contributed by atoms with Crippen molar-refractivity contribution in [2.45, 2.75) is 17.7 Å². The second kappa shape index (κ2) is 8.33. The number of rotatable bonds is 6. The number of amides is 1. The van der Waals surface area contributed by atoms with Gasteiger partial charge >= 0.3 is 5.97 Å². The molecule has 2 rings (SSSR count). The van der Waals surface area contributed by atoms with Crippen molar-refractivity contribution in [3.8, 4) is 5.75 Å². The van der Waals surface area contributed by atoms with Crippen molar-refractivity contribution in [3.63, 3.8) is 0 Å². The monoisotopic (exact) mass is 341 g/mol. The lowest BCUT2D eigenvalue weighted by molar-refractivity contribution is -0.142. The highest BCUT2D eigenvalue weighted by Crippen LogP contribution is 2.26. The number of carboxylic acids is 1. The van der Waals surface area contributed by atoms with Crippen LogP contribution in [-0.4, -0.2) is 46.6 Å². The molecule has 0 bridgehead atoms. The average molecular weight is 341 g/mol. The third kappa shape index (κ3) is 4.84. The van der Waals surface area contributed by atoms with Gasteiger partial charge < -0.3 is 15.2 Å². The van der Waals surface area contributed by atoms with E-state index in [1.54, 1.807) is 43.1 Å². The summed E-state index contributed by atoms with van der Waals surface area (Å²) in [6.45, 7) is 0. The smallest absolute Gasteiger partial charge is 0.330 e. The number of ether oxygens (including phenoxy) is 1. The fourth-order valence-electron chi connectivity index (χ4n) is 2.17. The molecular formula is C15H19NO4S2. The molecule has 0 aliphatic carbocycles. The fraction of sp³-hybridized carbons (Fsp3) is 0.467. The Morgan fingerprint density at radius 2 is 2.09 bits per heavy atom. The van der Waals surface area contributed by atoms with Crippen molar-refractivity contribution in [1.82, 2.24) is 5.32 Å². The highest BCUT2D eigenvalue weighted by Gasteiger charge is 2.24. The predicted octanol–water partition coefficient (Wildman–Crippen LogP) is 2.18. The average Bonchev–Trinajstić information content (AvgIpc) is 2.53. The molecule has 1 amide bonds. The van der Waals surface area contributed by atoms with Crippen LogP contribution in [0.25, 0.3) is 0 Å². The van der Waals surface area contributed by atoms with Crippen molar-refractivity contribution < 1.29 is 19.4 Å². The van der Waals surface area contributed by atoms with Crippen molar-refractivity contribution in [2.24, 2.45) is 0 Å². The van der Waals surface area contributed by atoms with Crippen molar-refractivity contribution in [2.75, 3.05) is 24.4 Å². The molecular weight excluding hydrogens is 322 g/mol. The first kappa shape index (κ1) is 17.0. The summed E-state index contributed by atoms with van der Waals surface area (Å²) >= 11 is 3.62. The first-order valence-electron chi connectivity index (χ1n) is 6.95. The van der Waals surface area contributed by atoms with Gasteiger partial charge in [0.15, 0.2) is 6.04 Å². The molecule has 1 fully saturated rings. The van der Waals surface area contributed by atoms with Crippen molar-refractivity contribution in [3.05, 3.63) is 29.8 Å². The normalized spacial score (nSPS) is 19.2. The molecule has 1 heterocycles. The molecule has 0 spiro atoms. The Balaban J connectivity index is 1.98. The second-order valence-corrected chi connectivity index (χ2v) is 7.44. The van der Waals surface area contributed by atoms with Crippen LogP contribution >= 0.6 is 23.5 Å². The van der Waals surface area contributed by atoms with Crippen LogP contribution in [0.3, 0.4) is 0 Å². The van der Waals surface area contributed by atoms with Gasteiger partial charge in [-0.05, 0) is 17.7 Å². The van der Waals surface area contributed by atoms with E-state index in [0.717, 1.165) is 17.3 Å². The largest absolute Gasteiger partial charge is 0.497 e. The van der Waals surface area contributed by atoms with Gasteiger partial charge in [0.05, 0.1) is 7.11 Å². The van der Waals surface area contributed by atoms with Crippen LogP contribution in [0.1, 0.15) is 18.0 Å². The molecule has 1 aromatic rings. The zero-order valence-corrected chi connectivity index (χ0v) is 13.9. The van der Waals surface area contributed by atoms with E-state index in [-0.39, 0.29) is 11.2 Å². The summed E-state index contributed by atoms with van der Waals surface area (Å²) in [5.74, 6) is 2.47. The third-order valence-electron chi connectivity index (χ3n) is 3.30. The summed E-state index contributed by atoms with van der Waals surface area (Å²) in [5, 5.41) is 12.2. The molecule has 120 valence electrons. The molecule has 1 aliphatic rings. The molecule has 1 saturated heterocycles. The first-order valence-corrected chi connectivity index (χ1v) is 9.16. The number of carboxylic acid groups (broad SMARTS) is 1. The molecule has 7 heteroatoms. The Morgan fingerprint density at radius 3 is 2.64 bits per heavy atom. The lowest BCUT2D eigenvalue weighted by atomic mass is 10.1. The number of methoxy groups -OCH3 is 1. The SMILES string of the molecule is COc1ccc(C(NC(=O)CC2CSCCS2)C(=O)O)cc1. The molecule has 1 aromatic carbocycles. The quantitative estimate of drug-likeness (QED) is 0.826. The highest BCUT2D eigenvalue weighted by atomic mass is 32.2. The summed E-state index contributed by atoms with van der Waals surface area (Å²) < 4.78 is 5.05. The van der Waals surface area contributed by atoms with Gasteiger partial charge in [-0.3, -0.25) is 4.79 Å². The fourth-order valence-corrected chi connectivity index (χ4v) is 4.84. The van der Waals surface area contributed by atoms with Crippen LogP contribution in [0.15, 0.2) is 24.3 Å². The van der Waals surface area contributed by atoms with E-state index in [0.29, 0.717) is 17.7 Å². The van der Waals surface area contributed by atoms with Gasteiger partial charge in [-0.15, -0.1) is 0 Å².